The minimum Gasteiger partial charge on any atom is -0.311 e. The van der Waals surface area contributed by atoms with Crippen molar-refractivity contribution in [3.63, 3.8) is 0 Å². The van der Waals surface area contributed by atoms with Crippen LogP contribution in [0.3, 0.4) is 0 Å². The average Bonchev–Trinajstić information content (AvgIpc) is 3.73. The zero-order valence-electron chi connectivity index (χ0n) is 26.1. The summed E-state index contributed by atoms with van der Waals surface area (Å²) in [5, 5.41) is 0. The Hall–Kier alpha value is -6.56. The van der Waals surface area contributed by atoms with Crippen LogP contribution in [-0.4, -0.2) is 48.2 Å². The van der Waals surface area contributed by atoms with Gasteiger partial charge in [0.1, 0.15) is 35.1 Å². The van der Waals surface area contributed by atoms with Crippen LogP contribution in [0.4, 0.5) is 0 Å². The summed E-state index contributed by atoms with van der Waals surface area (Å²) in [6, 6.07) is 25.9. The molecule has 0 unspecified atom stereocenters. The Labute approximate surface area is 273 Å². The third-order valence-corrected chi connectivity index (χ3v) is 8.48. The molecule has 0 aliphatic heterocycles. The van der Waals surface area contributed by atoms with Crippen LogP contribution in [0.1, 0.15) is 11.1 Å². The van der Waals surface area contributed by atoms with Crippen molar-refractivity contribution in [3.8, 4) is 33.6 Å². The number of imidazole rings is 2. The highest BCUT2D eigenvalue weighted by Crippen LogP contribution is 2.38. The van der Waals surface area contributed by atoms with Gasteiger partial charge in [-0.2, -0.15) is 0 Å². The number of fused-ring (bicyclic) bond motifs is 2. The van der Waals surface area contributed by atoms with Crippen molar-refractivity contribution in [2.24, 2.45) is 14.1 Å². The maximum Gasteiger partial charge on any atom is 0.330 e. The van der Waals surface area contributed by atoms with Gasteiger partial charge in [0.15, 0.2) is 11.3 Å². The molecule has 0 radical (unpaired) electrons. The summed E-state index contributed by atoms with van der Waals surface area (Å²) in [6.07, 6.45) is 8.14. The Morgan fingerprint density at radius 2 is 1.12 bits per heavy atom. The van der Waals surface area contributed by atoms with Crippen molar-refractivity contribution in [1.82, 2.24) is 48.2 Å². The first kappa shape index (κ1) is 28.9. The third-order valence-electron chi connectivity index (χ3n) is 8.48. The molecule has 0 saturated heterocycles. The summed E-state index contributed by atoms with van der Waals surface area (Å²) >= 11 is 0. The predicted molar refractivity (Wildman–Crippen MR) is 182 cm³/mol. The van der Waals surface area contributed by atoms with Gasteiger partial charge >= 0.3 is 5.69 Å². The largest absolute Gasteiger partial charge is 0.330 e. The van der Waals surface area contributed by atoms with E-state index in [1.54, 1.807) is 25.9 Å². The van der Waals surface area contributed by atoms with Gasteiger partial charge in [0.05, 0.1) is 31.3 Å². The van der Waals surface area contributed by atoms with Crippen LogP contribution in [0, 0.1) is 0 Å². The van der Waals surface area contributed by atoms with Crippen LogP contribution in [-0.2, 0) is 27.2 Å². The van der Waals surface area contributed by atoms with Crippen molar-refractivity contribution in [2.45, 2.75) is 13.1 Å². The van der Waals surface area contributed by atoms with E-state index in [1.165, 1.54) is 24.3 Å². The monoisotopic (exact) mass is 632 g/mol. The fraction of sp³-hybridized carbons (Fsp3) is 0.111. The maximum atomic E-state index is 13.3. The van der Waals surface area contributed by atoms with E-state index in [2.05, 4.69) is 34.2 Å². The van der Waals surface area contributed by atoms with E-state index in [-0.39, 0.29) is 0 Å². The number of rotatable bonds is 7. The van der Waals surface area contributed by atoms with Gasteiger partial charge < -0.3 is 13.7 Å². The van der Waals surface area contributed by atoms with Crippen molar-refractivity contribution in [3.05, 3.63) is 142 Å². The molecule has 8 rings (SSSR count). The van der Waals surface area contributed by atoms with Gasteiger partial charge in [-0.05, 0) is 22.8 Å². The van der Waals surface area contributed by atoms with Crippen molar-refractivity contribution < 1.29 is 0 Å². The molecule has 0 atom stereocenters. The molecule has 8 aromatic rings. The standard InChI is InChI=1S/C36H28N10O2/c1-43-18-28(35(47)44(2)36(43)48)25-13-14-26(29-31-33(39-19-37-29)45(21-41-31)16-23-9-5-3-6-10-23)27(15-25)30-32-34(40-20-38-30)46(22-42-32)17-24-11-7-4-8-12-24/h3-15,18-22H,16-17H2,1-2H3. The van der Waals surface area contributed by atoms with E-state index in [4.69, 9.17) is 19.9 Å². The summed E-state index contributed by atoms with van der Waals surface area (Å²) in [5.41, 5.74) is 7.57. The Morgan fingerprint density at radius 1 is 0.583 bits per heavy atom. The normalized spacial score (nSPS) is 11.5. The first-order valence-corrected chi connectivity index (χ1v) is 15.3. The number of hydrogen-bond acceptors (Lipinski definition) is 8. The molecule has 0 spiro atoms. The van der Waals surface area contributed by atoms with Crippen LogP contribution in [0.5, 0.6) is 0 Å². The summed E-state index contributed by atoms with van der Waals surface area (Å²) in [4.78, 5) is 54.0. The molecule has 5 heterocycles. The Balaban J connectivity index is 1.34. The maximum absolute atomic E-state index is 13.3. The van der Waals surface area contributed by atoms with Gasteiger partial charge in [0.25, 0.3) is 5.56 Å². The second kappa shape index (κ2) is 11.7. The van der Waals surface area contributed by atoms with E-state index in [0.717, 1.165) is 21.3 Å². The topological polar surface area (TPSA) is 131 Å². The van der Waals surface area contributed by atoms with Crippen molar-refractivity contribution in [1.29, 1.82) is 0 Å². The molecule has 3 aromatic carbocycles. The van der Waals surface area contributed by atoms with Gasteiger partial charge in [0.2, 0.25) is 0 Å². The van der Waals surface area contributed by atoms with E-state index >= 15 is 0 Å². The quantitative estimate of drug-likeness (QED) is 0.252. The number of benzene rings is 3. The molecule has 0 aliphatic carbocycles. The van der Waals surface area contributed by atoms with Crippen molar-refractivity contribution in [2.75, 3.05) is 0 Å². The van der Waals surface area contributed by atoms with E-state index in [0.29, 0.717) is 63.5 Å². The minimum absolute atomic E-state index is 0.368. The molecule has 0 saturated carbocycles. The molecular formula is C36H28N10O2. The molecule has 234 valence electrons. The summed E-state index contributed by atoms with van der Waals surface area (Å²) in [7, 11) is 3.09. The molecule has 12 nitrogen and oxygen atoms in total. The molecular weight excluding hydrogens is 604 g/mol. The van der Waals surface area contributed by atoms with Crippen LogP contribution in [0.2, 0.25) is 0 Å². The Bertz CT molecular complexity index is 2580. The van der Waals surface area contributed by atoms with Crippen LogP contribution < -0.4 is 11.2 Å². The summed E-state index contributed by atoms with van der Waals surface area (Å²) in [5.74, 6) is 0. The van der Waals surface area contributed by atoms with Gasteiger partial charge in [-0.1, -0.05) is 72.8 Å². The third kappa shape index (κ3) is 4.96. The lowest BCUT2D eigenvalue weighted by Crippen LogP contribution is -2.37. The van der Waals surface area contributed by atoms with Crippen molar-refractivity contribution >= 4 is 22.3 Å². The zero-order valence-corrected chi connectivity index (χ0v) is 26.1. The Kier molecular flexibility index (Phi) is 7.02. The number of aryl methyl sites for hydroxylation is 1. The van der Waals surface area contributed by atoms with Crippen LogP contribution in [0.15, 0.2) is 120 Å². The van der Waals surface area contributed by atoms with Crippen LogP contribution >= 0.6 is 0 Å². The zero-order chi connectivity index (χ0) is 32.8. The molecule has 0 fully saturated rings. The average molecular weight is 633 g/mol. The van der Waals surface area contributed by atoms with E-state index in [1.807, 2.05) is 63.7 Å². The van der Waals surface area contributed by atoms with E-state index < -0.39 is 11.2 Å². The molecule has 48 heavy (non-hydrogen) atoms. The molecule has 5 aromatic heterocycles. The first-order valence-electron chi connectivity index (χ1n) is 15.3. The van der Waals surface area contributed by atoms with Gasteiger partial charge in [-0.25, -0.2) is 34.7 Å². The summed E-state index contributed by atoms with van der Waals surface area (Å²) in [6.45, 7) is 1.18. The van der Waals surface area contributed by atoms with Gasteiger partial charge in [-0.3, -0.25) is 9.36 Å². The van der Waals surface area contributed by atoms with E-state index in [9.17, 15) is 9.59 Å². The molecule has 0 N–H and O–H groups in total. The van der Waals surface area contributed by atoms with Gasteiger partial charge in [-0.15, -0.1) is 0 Å². The molecule has 12 heteroatoms. The predicted octanol–water partition coefficient (Wildman–Crippen LogP) is 4.46. The fourth-order valence-electron chi connectivity index (χ4n) is 6.07. The lowest BCUT2D eigenvalue weighted by Gasteiger charge is -2.13. The molecule has 0 bridgehead atoms. The lowest BCUT2D eigenvalue weighted by atomic mass is 9.95. The highest BCUT2D eigenvalue weighted by molar-refractivity contribution is 5.99. The summed E-state index contributed by atoms with van der Waals surface area (Å²) < 4.78 is 6.47. The Morgan fingerprint density at radius 3 is 1.69 bits per heavy atom. The van der Waals surface area contributed by atoms with Gasteiger partial charge in [0, 0.05) is 31.4 Å². The molecule has 0 aliphatic rings. The highest BCUT2D eigenvalue weighted by atomic mass is 16.2. The SMILES string of the molecule is Cn1cc(-c2ccc(-c3ncnc4c3ncn4Cc3ccccc3)c(-c3ncnc4c3ncn4Cc3ccccc3)c2)c(=O)n(C)c1=O. The fourth-order valence-corrected chi connectivity index (χ4v) is 6.07. The second-order valence-corrected chi connectivity index (χ2v) is 11.6. The van der Waals surface area contributed by atoms with Crippen LogP contribution in [0.25, 0.3) is 56.0 Å². The minimum atomic E-state index is -0.406. The number of hydrogen-bond donors (Lipinski definition) is 0. The number of nitrogens with zero attached hydrogens (tertiary/aromatic N) is 10. The molecule has 0 amide bonds. The lowest BCUT2D eigenvalue weighted by molar-refractivity contribution is 0.688. The number of aromatic nitrogens is 10. The first-order chi connectivity index (χ1) is 23.5. The smallest absolute Gasteiger partial charge is 0.311 e. The second-order valence-electron chi connectivity index (χ2n) is 11.6. The highest BCUT2D eigenvalue weighted by Gasteiger charge is 2.22.